The van der Waals surface area contributed by atoms with Crippen molar-refractivity contribution in [2.24, 2.45) is 0 Å². The molecule has 16 heavy (non-hydrogen) atoms. The van der Waals surface area contributed by atoms with Gasteiger partial charge in [0.25, 0.3) is 0 Å². The third-order valence-corrected chi connectivity index (χ3v) is 2.39. The lowest BCUT2D eigenvalue weighted by Gasteiger charge is -2.04. The van der Waals surface area contributed by atoms with Gasteiger partial charge in [-0.05, 0) is 28.1 Å². The highest BCUT2D eigenvalue weighted by Gasteiger charge is 2.04. The smallest absolute Gasteiger partial charge is 0.239 e. The Kier molecular flexibility index (Phi) is 3.00. The lowest BCUT2D eigenvalue weighted by atomic mass is 10.3. The number of benzene rings is 1. The van der Waals surface area contributed by atoms with Crippen molar-refractivity contribution in [2.75, 3.05) is 5.73 Å². The summed E-state index contributed by atoms with van der Waals surface area (Å²) in [4.78, 5) is 7.68. The lowest BCUT2D eigenvalue weighted by Crippen LogP contribution is -1.94. The zero-order valence-corrected chi connectivity index (χ0v) is 9.61. The minimum atomic E-state index is -0.408. The van der Waals surface area contributed by atoms with Gasteiger partial charge in [-0.1, -0.05) is 0 Å². The Morgan fingerprint density at radius 1 is 1.31 bits per heavy atom. The number of nitrogens with zero attached hydrogens (tertiary/aromatic N) is 2. The third-order valence-electron chi connectivity index (χ3n) is 1.74. The summed E-state index contributed by atoms with van der Waals surface area (Å²) in [6.07, 6.45) is 2.80. The normalized spacial score (nSPS) is 10.1. The molecule has 1 aromatic carbocycles. The summed E-state index contributed by atoms with van der Waals surface area (Å²) in [7, 11) is 0. The van der Waals surface area contributed by atoms with E-state index in [1.165, 1.54) is 18.5 Å². The van der Waals surface area contributed by atoms with E-state index in [0.717, 1.165) is 0 Å². The van der Waals surface area contributed by atoms with Gasteiger partial charge in [0.2, 0.25) is 5.88 Å². The van der Waals surface area contributed by atoms with E-state index in [4.69, 9.17) is 10.5 Å². The van der Waals surface area contributed by atoms with Crippen molar-refractivity contribution in [1.29, 1.82) is 0 Å². The highest BCUT2D eigenvalue weighted by molar-refractivity contribution is 9.10. The Morgan fingerprint density at radius 2 is 2.12 bits per heavy atom. The zero-order valence-electron chi connectivity index (χ0n) is 8.02. The van der Waals surface area contributed by atoms with Gasteiger partial charge in [0.15, 0.2) is 0 Å². The zero-order chi connectivity index (χ0) is 11.5. The molecule has 6 heteroatoms. The molecule has 2 rings (SSSR count). The molecule has 0 amide bonds. The van der Waals surface area contributed by atoms with Crippen LogP contribution in [0, 0.1) is 5.82 Å². The molecule has 0 radical (unpaired) electrons. The SMILES string of the molecule is Nc1cncc(Oc2ccc(Br)c(F)c2)n1. The summed E-state index contributed by atoms with van der Waals surface area (Å²) in [5.74, 6) is 0.395. The van der Waals surface area contributed by atoms with Crippen LogP contribution in [0.25, 0.3) is 0 Å². The van der Waals surface area contributed by atoms with E-state index >= 15 is 0 Å². The first kappa shape index (κ1) is 10.8. The molecule has 0 saturated heterocycles. The van der Waals surface area contributed by atoms with Gasteiger partial charge < -0.3 is 10.5 Å². The topological polar surface area (TPSA) is 61.0 Å². The molecule has 0 bridgehead atoms. The summed E-state index contributed by atoms with van der Waals surface area (Å²) < 4.78 is 18.8. The molecule has 0 aliphatic carbocycles. The van der Waals surface area contributed by atoms with E-state index in [0.29, 0.717) is 10.2 Å². The predicted octanol–water partition coefficient (Wildman–Crippen LogP) is 2.75. The molecule has 0 fully saturated rings. The van der Waals surface area contributed by atoms with Crippen LogP contribution in [0.3, 0.4) is 0 Å². The number of halogens is 2. The van der Waals surface area contributed by atoms with Crippen molar-refractivity contribution >= 4 is 21.7 Å². The molecule has 1 heterocycles. The Balaban J connectivity index is 2.24. The fourth-order valence-electron chi connectivity index (χ4n) is 1.07. The minimum Gasteiger partial charge on any atom is -0.437 e. The largest absolute Gasteiger partial charge is 0.437 e. The number of ether oxygens (including phenoxy) is 1. The van der Waals surface area contributed by atoms with Gasteiger partial charge >= 0.3 is 0 Å². The van der Waals surface area contributed by atoms with E-state index in [1.807, 2.05) is 0 Å². The Bertz CT molecular complexity index is 521. The van der Waals surface area contributed by atoms with E-state index < -0.39 is 5.82 Å². The summed E-state index contributed by atoms with van der Waals surface area (Å²) in [5, 5.41) is 0. The number of hydrogen-bond donors (Lipinski definition) is 1. The van der Waals surface area contributed by atoms with Crippen LogP contribution in [0.15, 0.2) is 35.1 Å². The highest BCUT2D eigenvalue weighted by Crippen LogP contribution is 2.24. The predicted molar refractivity (Wildman–Crippen MR) is 60.6 cm³/mol. The molecule has 82 valence electrons. The first-order valence-electron chi connectivity index (χ1n) is 4.35. The molecular formula is C10H7BrFN3O. The van der Waals surface area contributed by atoms with Crippen molar-refractivity contribution in [3.63, 3.8) is 0 Å². The molecule has 0 spiro atoms. The second kappa shape index (κ2) is 4.44. The van der Waals surface area contributed by atoms with Gasteiger partial charge in [-0.3, -0.25) is 4.98 Å². The first-order valence-corrected chi connectivity index (χ1v) is 5.15. The second-order valence-corrected chi connectivity index (χ2v) is 3.81. The Morgan fingerprint density at radius 3 is 2.81 bits per heavy atom. The molecular weight excluding hydrogens is 277 g/mol. The third kappa shape index (κ3) is 2.46. The number of aromatic nitrogens is 2. The number of anilines is 1. The van der Waals surface area contributed by atoms with Gasteiger partial charge in [-0.2, -0.15) is 4.98 Å². The van der Waals surface area contributed by atoms with Crippen molar-refractivity contribution in [3.05, 3.63) is 40.9 Å². The first-order chi connectivity index (χ1) is 7.65. The number of hydrogen-bond acceptors (Lipinski definition) is 4. The van der Waals surface area contributed by atoms with Crippen LogP contribution in [0.4, 0.5) is 10.2 Å². The molecule has 2 aromatic rings. The van der Waals surface area contributed by atoms with Crippen LogP contribution in [-0.4, -0.2) is 9.97 Å². The van der Waals surface area contributed by atoms with E-state index in [1.54, 1.807) is 12.1 Å². The van der Waals surface area contributed by atoms with Crippen LogP contribution in [0.2, 0.25) is 0 Å². The fraction of sp³-hybridized carbons (Fsp3) is 0. The minimum absolute atomic E-state index is 0.224. The monoisotopic (exact) mass is 283 g/mol. The summed E-state index contributed by atoms with van der Waals surface area (Å²) in [5.41, 5.74) is 5.43. The standard InChI is InChI=1S/C10H7BrFN3O/c11-7-2-1-6(3-8(7)12)16-10-5-14-4-9(13)15-10/h1-5H,(H2,13,15). The maximum Gasteiger partial charge on any atom is 0.239 e. The Hall–Kier alpha value is -1.69. The lowest BCUT2D eigenvalue weighted by molar-refractivity contribution is 0.456. The number of nitrogens with two attached hydrogens (primary N) is 1. The maximum absolute atomic E-state index is 13.2. The van der Waals surface area contributed by atoms with Crippen LogP contribution in [0.1, 0.15) is 0 Å². The quantitative estimate of drug-likeness (QED) is 0.921. The van der Waals surface area contributed by atoms with Gasteiger partial charge in [0.1, 0.15) is 17.4 Å². The van der Waals surface area contributed by atoms with Gasteiger partial charge in [-0.15, -0.1) is 0 Å². The van der Waals surface area contributed by atoms with Gasteiger partial charge in [0.05, 0.1) is 16.9 Å². The van der Waals surface area contributed by atoms with Crippen LogP contribution >= 0.6 is 15.9 Å². The van der Waals surface area contributed by atoms with E-state index in [2.05, 4.69) is 25.9 Å². The maximum atomic E-state index is 13.2. The molecule has 0 saturated carbocycles. The number of rotatable bonds is 2. The molecule has 0 unspecified atom stereocenters. The Labute approximate surface area is 99.4 Å². The molecule has 0 aliphatic heterocycles. The second-order valence-electron chi connectivity index (χ2n) is 2.96. The van der Waals surface area contributed by atoms with Gasteiger partial charge in [-0.25, -0.2) is 4.39 Å². The highest BCUT2D eigenvalue weighted by atomic mass is 79.9. The summed E-state index contributed by atoms with van der Waals surface area (Å²) >= 11 is 3.05. The molecule has 0 atom stereocenters. The van der Waals surface area contributed by atoms with Crippen molar-refractivity contribution in [2.45, 2.75) is 0 Å². The fourth-order valence-corrected chi connectivity index (χ4v) is 1.32. The summed E-state index contributed by atoms with van der Waals surface area (Å²) in [6.45, 7) is 0. The van der Waals surface area contributed by atoms with Crippen LogP contribution < -0.4 is 10.5 Å². The molecule has 1 aromatic heterocycles. The number of nitrogen functional groups attached to an aromatic ring is 1. The van der Waals surface area contributed by atoms with Crippen molar-refractivity contribution < 1.29 is 9.13 Å². The average molecular weight is 284 g/mol. The molecule has 0 aliphatic rings. The van der Waals surface area contributed by atoms with E-state index in [-0.39, 0.29) is 11.7 Å². The van der Waals surface area contributed by atoms with Crippen molar-refractivity contribution in [1.82, 2.24) is 9.97 Å². The van der Waals surface area contributed by atoms with Crippen LogP contribution in [-0.2, 0) is 0 Å². The van der Waals surface area contributed by atoms with Crippen LogP contribution in [0.5, 0.6) is 11.6 Å². The van der Waals surface area contributed by atoms with E-state index in [9.17, 15) is 4.39 Å². The van der Waals surface area contributed by atoms with Gasteiger partial charge in [0, 0.05) is 6.07 Å². The van der Waals surface area contributed by atoms with Crippen molar-refractivity contribution in [3.8, 4) is 11.6 Å². The average Bonchev–Trinajstić information content (AvgIpc) is 2.24. The molecule has 2 N–H and O–H groups in total. The summed E-state index contributed by atoms with van der Waals surface area (Å²) in [6, 6.07) is 4.40. The molecule has 4 nitrogen and oxygen atoms in total.